The van der Waals surface area contributed by atoms with E-state index < -0.39 is 17.7 Å². The van der Waals surface area contributed by atoms with Gasteiger partial charge in [0.05, 0.1) is 19.1 Å². The van der Waals surface area contributed by atoms with Gasteiger partial charge < -0.3 is 29.6 Å². The van der Waals surface area contributed by atoms with Crippen LogP contribution in [-0.4, -0.2) is 76.5 Å². The first-order valence-corrected chi connectivity index (χ1v) is 11.0. The van der Waals surface area contributed by atoms with Crippen LogP contribution in [-0.2, 0) is 11.3 Å². The van der Waals surface area contributed by atoms with E-state index in [-0.39, 0.29) is 48.8 Å². The summed E-state index contributed by atoms with van der Waals surface area (Å²) in [5.74, 6) is 0.173. The van der Waals surface area contributed by atoms with Crippen molar-refractivity contribution in [2.24, 2.45) is 0 Å². The third-order valence-electron chi connectivity index (χ3n) is 5.54. The Labute approximate surface area is 197 Å². The molecule has 1 unspecified atom stereocenters. The van der Waals surface area contributed by atoms with Crippen molar-refractivity contribution in [1.82, 2.24) is 19.8 Å². The van der Waals surface area contributed by atoms with Gasteiger partial charge in [0, 0.05) is 18.1 Å². The number of amides is 1. The Morgan fingerprint density at radius 3 is 2.57 bits per heavy atom. The average molecular weight is 499 g/mol. The maximum atomic E-state index is 12.5. The highest BCUT2D eigenvalue weighted by atomic mass is 19.4. The lowest BCUT2D eigenvalue weighted by atomic mass is 10.1. The van der Waals surface area contributed by atoms with Gasteiger partial charge >= 0.3 is 18.0 Å². The minimum absolute atomic E-state index is 0.0709. The molecule has 4 rings (SSSR count). The van der Waals surface area contributed by atoms with E-state index in [1.807, 2.05) is 4.90 Å². The molecule has 0 aliphatic carbocycles. The summed E-state index contributed by atoms with van der Waals surface area (Å²) in [6.07, 6.45) is -1.81. The van der Waals surface area contributed by atoms with E-state index in [1.165, 1.54) is 22.9 Å². The lowest BCUT2D eigenvalue weighted by molar-refractivity contribution is -0.389. The number of nitrogens with one attached hydrogen (secondary N) is 1. The van der Waals surface area contributed by atoms with Crippen molar-refractivity contribution in [2.45, 2.75) is 37.7 Å². The summed E-state index contributed by atoms with van der Waals surface area (Å²) in [4.78, 5) is 28.5. The number of imidazole rings is 1. The zero-order valence-electron chi connectivity index (χ0n) is 18.6. The largest absolute Gasteiger partial charge is 0.490 e. The van der Waals surface area contributed by atoms with Crippen molar-refractivity contribution < 1.29 is 37.1 Å². The van der Waals surface area contributed by atoms with E-state index in [4.69, 9.17) is 9.47 Å². The number of ether oxygens (including phenoxy) is 3. The number of benzene rings is 1. The van der Waals surface area contributed by atoms with Gasteiger partial charge in [-0.25, -0.2) is 0 Å². The normalized spacial score (nSPS) is 18.9. The van der Waals surface area contributed by atoms with Gasteiger partial charge in [-0.15, -0.1) is 0 Å². The quantitative estimate of drug-likeness (QED) is 0.433. The van der Waals surface area contributed by atoms with E-state index >= 15 is 0 Å². The summed E-state index contributed by atoms with van der Waals surface area (Å²) >= 11 is 0. The molecule has 14 heteroatoms. The number of halogens is 3. The smallest absolute Gasteiger partial charge is 0.422 e. The lowest BCUT2D eigenvalue weighted by Gasteiger charge is -2.32. The predicted molar refractivity (Wildman–Crippen MR) is 114 cm³/mol. The minimum atomic E-state index is -4.39. The summed E-state index contributed by atoms with van der Waals surface area (Å²) in [7, 11) is 0. The highest BCUT2D eigenvalue weighted by molar-refractivity contribution is 5.78. The number of rotatable bonds is 8. The molecule has 1 aromatic carbocycles. The second-order valence-corrected chi connectivity index (χ2v) is 8.34. The van der Waals surface area contributed by atoms with Crippen LogP contribution in [0.3, 0.4) is 0 Å². The maximum Gasteiger partial charge on any atom is 0.422 e. The SMILES string of the molecule is O=C(CN1CCC(Oc2ccc(OCC(F)(F)F)cc2)CC1)NC1COc2nc([N+](=O)[O-])cn2C1. The fraction of sp³-hybridized carbons (Fsp3) is 0.524. The molecule has 1 N–H and O–H groups in total. The van der Waals surface area contributed by atoms with Crippen molar-refractivity contribution in [1.29, 1.82) is 0 Å². The van der Waals surface area contributed by atoms with Crippen LogP contribution in [0.4, 0.5) is 19.0 Å². The monoisotopic (exact) mass is 499 g/mol. The van der Waals surface area contributed by atoms with Gasteiger partial charge in [0.25, 0.3) is 0 Å². The Hall–Kier alpha value is -3.55. The van der Waals surface area contributed by atoms with Gasteiger partial charge in [-0.3, -0.25) is 14.3 Å². The molecule has 0 spiro atoms. The molecule has 35 heavy (non-hydrogen) atoms. The molecule has 1 amide bonds. The van der Waals surface area contributed by atoms with Crippen LogP contribution in [0, 0.1) is 10.1 Å². The van der Waals surface area contributed by atoms with Crippen LogP contribution in [0.2, 0.25) is 0 Å². The molecular weight excluding hydrogens is 475 g/mol. The Morgan fingerprint density at radius 2 is 1.91 bits per heavy atom. The molecule has 11 nitrogen and oxygen atoms in total. The zero-order chi connectivity index (χ0) is 25.0. The van der Waals surface area contributed by atoms with Crippen LogP contribution < -0.4 is 19.5 Å². The van der Waals surface area contributed by atoms with Crippen LogP contribution in [0.25, 0.3) is 0 Å². The lowest BCUT2D eigenvalue weighted by Crippen LogP contribution is -2.49. The molecule has 2 aliphatic rings. The molecule has 2 aromatic rings. The van der Waals surface area contributed by atoms with Crippen LogP contribution >= 0.6 is 0 Å². The third-order valence-corrected chi connectivity index (χ3v) is 5.54. The van der Waals surface area contributed by atoms with Gasteiger partial charge in [-0.2, -0.15) is 13.2 Å². The molecule has 0 bridgehead atoms. The minimum Gasteiger partial charge on any atom is -0.490 e. The Bertz CT molecular complexity index is 1040. The molecule has 1 atom stereocenters. The number of likely N-dealkylation sites (tertiary alicyclic amines) is 1. The number of carbonyl (C=O) groups is 1. The fourth-order valence-corrected chi connectivity index (χ4v) is 3.91. The fourth-order valence-electron chi connectivity index (χ4n) is 3.91. The summed E-state index contributed by atoms with van der Waals surface area (Å²) in [5.41, 5.74) is 0. The van der Waals surface area contributed by atoms with E-state index in [0.29, 0.717) is 38.2 Å². The summed E-state index contributed by atoms with van der Waals surface area (Å²) in [6.45, 7) is 0.646. The molecule has 190 valence electrons. The number of piperidine rings is 1. The second kappa shape index (κ2) is 10.4. The number of nitro groups is 1. The number of carbonyl (C=O) groups excluding carboxylic acids is 1. The first kappa shape index (κ1) is 24.6. The van der Waals surface area contributed by atoms with E-state index in [0.717, 1.165) is 0 Å². The Morgan fingerprint density at radius 1 is 1.23 bits per heavy atom. The van der Waals surface area contributed by atoms with Gasteiger partial charge in [0.2, 0.25) is 5.91 Å². The Kier molecular flexibility index (Phi) is 7.28. The van der Waals surface area contributed by atoms with Gasteiger partial charge in [-0.05, 0) is 42.0 Å². The standard InChI is InChI=1S/C21H24F3N5O6/c22-21(23,24)13-34-15-1-3-16(4-2-15)35-17-5-7-27(8-6-17)11-19(30)25-14-9-28-10-18(29(31)32)26-20(28)33-12-14/h1-4,10,14,17H,5-9,11-13H2,(H,25,30). The van der Waals surface area contributed by atoms with Gasteiger partial charge in [0.1, 0.15) is 30.4 Å². The van der Waals surface area contributed by atoms with Crippen molar-refractivity contribution in [3.8, 4) is 17.5 Å². The summed E-state index contributed by atoms with van der Waals surface area (Å²) < 4.78 is 54.2. The van der Waals surface area contributed by atoms with E-state index in [9.17, 15) is 28.1 Å². The van der Waals surface area contributed by atoms with Crippen LogP contribution in [0.5, 0.6) is 17.5 Å². The maximum absolute atomic E-state index is 12.5. The average Bonchev–Trinajstić information content (AvgIpc) is 3.23. The van der Waals surface area contributed by atoms with E-state index in [2.05, 4.69) is 15.0 Å². The number of nitrogens with zero attached hydrogens (tertiary/aromatic N) is 4. The van der Waals surface area contributed by atoms with Gasteiger partial charge in [0.15, 0.2) is 6.61 Å². The molecule has 2 aliphatic heterocycles. The van der Waals surface area contributed by atoms with Crippen LogP contribution in [0.15, 0.2) is 30.5 Å². The molecule has 3 heterocycles. The number of aromatic nitrogens is 2. The molecule has 1 aromatic heterocycles. The van der Waals surface area contributed by atoms with Crippen molar-refractivity contribution >= 4 is 11.7 Å². The first-order chi connectivity index (χ1) is 16.6. The van der Waals surface area contributed by atoms with Crippen molar-refractivity contribution in [3.05, 3.63) is 40.6 Å². The summed E-state index contributed by atoms with van der Waals surface area (Å²) in [5, 5.41) is 13.7. The van der Waals surface area contributed by atoms with Gasteiger partial charge in [-0.1, -0.05) is 0 Å². The number of alkyl halides is 3. The first-order valence-electron chi connectivity index (χ1n) is 11.0. The molecule has 0 radical (unpaired) electrons. The van der Waals surface area contributed by atoms with Crippen molar-refractivity contribution in [3.63, 3.8) is 0 Å². The zero-order valence-corrected chi connectivity index (χ0v) is 18.6. The highest BCUT2D eigenvalue weighted by Gasteiger charge is 2.30. The topological polar surface area (TPSA) is 121 Å². The molecular formula is C21H24F3N5O6. The number of fused-ring (bicyclic) bond motifs is 1. The second-order valence-electron chi connectivity index (χ2n) is 8.34. The predicted octanol–water partition coefficient (Wildman–Crippen LogP) is 2.15. The molecule has 1 fully saturated rings. The highest BCUT2D eigenvalue weighted by Crippen LogP contribution is 2.24. The Balaban J connectivity index is 1.17. The molecule has 1 saturated heterocycles. The van der Waals surface area contributed by atoms with Crippen molar-refractivity contribution in [2.75, 3.05) is 32.8 Å². The number of hydrogen-bond donors (Lipinski definition) is 1. The summed E-state index contributed by atoms with van der Waals surface area (Å²) in [6, 6.07) is 5.83. The third kappa shape index (κ3) is 6.97. The molecule has 0 saturated carbocycles. The van der Waals surface area contributed by atoms with Crippen LogP contribution in [0.1, 0.15) is 12.8 Å². The number of hydrogen-bond acceptors (Lipinski definition) is 8. The van der Waals surface area contributed by atoms with E-state index in [1.54, 1.807) is 12.1 Å².